The van der Waals surface area contributed by atoms with Crippen LogP contribution >= 0.6 is 0 Å². The molecule has 0 radical (unpaired) electrons. The summed E-state index contributed by atoms with van der Waals surface area (Å²) in [6.07, 6.45) is 0.939. The molecule has 7 aromatic rings. The van der Waals surface area contributed by atoms with Crippen LogP contribution in [0.15, 0.2) is 91.0 Å². The molecular weight excluding hydrogens is 440 g/mol. The molecule has 166 valence electrons. The number of carbonyl (C=O) groups is 1. The van der Waals surface area contributed by atoms with E-state index in [0.29, 0.717) is 16.7 Å². The van der Waals surface area contributed by atoms with Crippen molar-refractivity contribution in [2.75, 3.05) is 0 Å². The topological polar surface area (TPSA) is 37.3 Å². The summed E-state index contributed by atoms with van der Waals surface area (Å²) in [4.78, 5) is 13.6. The minimum Gasteiger partial charge on any atom is -0.507 e. The quantitative estimate of drug-likeness (QED) is 0.184. The van der Waals surface area contributed by atoms with E-state index >= 15 is 0 Å². The number of carbonyl (C=O) groups excluding carboxylic acids is 1. The van der Waals surface area contributed by atoms with E-state index in [1.54, 1.807) is 12.1 Å². The minimum atomic E-state index is -0.0234. The normalized spacial score (nSPS) is 13.6. The third-order valence-corrected chi connectivity index (χ3v) is 8.48. The second kappa shape index (κ2) is 6.10. The maximum Gasteiger partial charge on any atom is 0.194 e. The van der Waals surface area contributed by atoms with Gasteiger partial charge in [0.15, 0.2) is 5.78 Å². The fraction of sp³-hybridized carbons (Fsp3) is 0.0294. The van der Waals surface area contributed by atoms with Gasteiger partial charge < -0.3 is 5.11 Å². The highest BCUT2D eigenvalue weighted by atomic mass is 16.3. The first-order valence-corrected chi connectivity index (χ1v) is 12.3. The fourth-order valence-corrected chi connectivity index (χ4v) is 7.03. The van der Waals surface area contributed by atoms with Gasteiger partial charge in [0.25, 0.3) is 0 Å². The predicted molar refractivity (Wildman–Crippen MR) is 146 cm³/mol. The number of phenols is 1. The van der Waals surface area contributed by atoms with Crippen molar-refractivity contribution in [3.05, 3.63) is 113 Å². The maximum atomic E-state index is 13.6. The molecule has 0 unspecified atom stereocenters. The van der Waals surface area contributed by atoms with E-state index in [-0.39, 0.29) is 11.5 Å². The molecule has 0 spiro atoms. The summed E-state index contributed by atoms with van der Waals surface area (Å²) in [6.45, 7) is 0. The third kappa shape index (κ3) is 2.00. The zero-order chi connectivity index (χ0) is 23.7. The number of ketones is 1. The molecule has 0 saturated heterocycles. The summed E-state index contributed by atoms with van der Waals surface area (Å²) in [5, 5.41) is 20.2. The second-order valence-electron chi connectivity index (χ2n) is 10.1. The molecule has 9 rings (SSSR count). The molecule has 0 aromatic heterocycles. The third-order valence-electron chi connectivity index (χ3n) is 8.48. The molecule has 2 heteroatoms. The number of hydrogen-bond acceptors (Lipinski definition) is 2. The molecule has 2 aliphatic carbocycles. The maximum absolute atomic E-state index is 13.6. The first-order chi connectivity index (χ1) is 17.7. The Morgan fingerprint density at radius 2 is 1.11 bits per heavy atom. The number of phenolic OH excluding ortho intramolecular Hbond substituents is 1. The van der Waals surface area contributed by atoms with Crippen molar-refractivity contribution < 1.29 is 9.90 Å². The molecule has 36 heavy (non-hydrogen) atoms. The average molecular weight is 459 g/mol. The van der Waals surface area contributed by atoms with Crippen LogP contribution in [-0.2, 0) is 6.42 Å². The lowest BCUT2D eigenvalue weighted by Crippen LogP contribution is -2.10. The monoisotopic (exact) mass is 458 g/mol. The van der Waals surface area contributed by atoms with Gasteiger partial charge in [0.2, 0.25) is 0 Å². The van der Waals surface area contributed by atoms with E-state index in [0.717, 1.165) is 33.5 Å². The van der Waals surface area contributed by atoms with Crippen molar-refractivity contribution in [3.63, 3.8) is 0 Å². The van der Waals surface area contributed by atoms with Crippen molar-refractivity contribution in [1.29, 1.82) is 0 Å². The number of rotatable bonds is 0. The molecule has 0 aliphatic heterocycles. The van der Waals surface area contributed by atoms with E-state index in [1.807, 2.05) is 12.1 Å². The Morgan fingerprint density at radius 1 is 0.472 bits per heavy atom. The summed E-state index contributed by atoms with van der Waals surface area (Å²) in [6, 6.07) is 31.4. The Morgan fingerprint density at radius 3 is 1.92 bits per heavy atom. The van der Waals surface area contributed by atoms with Gasteiger partial charge in [-0.2, -0.15) is 0 Å². The van der Waals surface area contributed by atoms with E-state index in [2.05, 4.69) is 66.7 Å². The lowest BCUT2D eigenvalue weighted by Gasteiger charge is -2.26. The molecule has 0 saturated carbocycles. The Labute approximate surface area is 206 Å². The van der Waals surface area contributed by atoms with Crippen LogP contribution in [0.25, 0.3) is 65.3 Å². The van der Waals surface area contributed by atoms with Gasteiger partial charge in [0, 0.05) is 22.1 Å². The van der Waals surface area contributed by atoms with Crippen LogP contribution in [0.2, 0.25) is 0 Å². The van der Waals surface area contributed by atoms with Crippen LogP contribution < -0.4 is 0 Å². The number of hydrogen-bond donors (Lipinski definition) is 1. The molecule has 0 bridgehead atoms. The van der Waals surface area contributed by atoms with Crippen molar-refractivity contribution >= 4 is 48.9 Å². The molecule has 0 atom stereocenters. The largest absolute Gasteiger partial charge is 0.507 e. The van der Waals surface area contributed by atoms with E-state index in [1.165, 1.54) is 43.8 Å². The lowest BCUT2D eigenvalue weighted by atomic mass is 9.77. The Bertz CT molecular complexity index is 2130. The SMILES string of the molecule is O=C1c2cccc(O)c2-c2ccc3c4ccc5c6c(ccc(c7ccc1c2c73)c64)Cc1ccccc1-5. The zero-order valence-electron chi connectivity index (χ0n) is 19.2. The van der Waals surface area contributed by atoms with Crippen molar-refractivity contribution in [1.82, 2.24) is 0 Å². The van der Waals surface area contributed by atoms with Crippen LogP contribution in [0.5, 0.6) is 5.75 Å². The highest BCUT2D eigenvalue weighted by Crippen LogP contribution is 2.51. The van der Waals surface area contributed by atoms with Gasteiger partial charge in [-0.1, -0.05) is 78.9 Å². The highest BCUT2D eigenvalue weighted by Gasteiger charge is 2.30. The van der Waals surface area contributed by atoms with Crippen molar-refractivity contribution in [2.45, 2.75) is 6.42 Å². The van der Waals surface area contributed by atoms with Crippen LogP contribution in [0.3, 0.4) is 0 Å². The Balaban J connectivity index is 1.52. The van der Waals surface area contributed by atoms with E-state index in [4.69, 9.17) is 0 Å². The molecule has 0 heterocycles. The highest BCUT2D eigenvalue weighted by molar-refractivity contribution is 6.39. The summed E-state index contributed by atoms with van der Waals surface area (Å²) in [7, 11) is 0. The zero-order valence-corrected chi connectivity index (χ0v) is 19.2. The Kier molecular flexibility index (Phi) is 3.16. The van der Waals surface area contributed by atoms with Crippen molar-refractivity contribution in [2.24, 2.45) is 0 Å². The number of benzene rings is 7. The predicted octanol–water partition coefficient (Wildman–Crippen LogP) is 8.23. The van der Waals surface area contributed by atoms with Gasteiger partial charge in [-0.25, -0.2) is 0 Å². The standard InChI is InChI=1S/C34H18O2/c35-28-7-3-6-26-30(28)25-14-12-23-22-11-10-20-19-5-2-1-4-17(19)16-18-8-9-21(31(22)29(18)20)24-13-15-27(34(26)36)33(25)32(23)24/h1-15,35H,16H2. The molecule has 0 fully saturated rings. The van der Waals surface area contributed by atoms with Crippen LogP contribution in [0.1, 0.15) is 27.0 Å². The number of aromatic hydroxyl groups is 1. The first kappa shape index (κ1) is 18.6. The summed E-state index contributed by atoms with van der Waals surface area (Å²) in [5.74, 6) is 0.130. The summed E-state index contributed by atoms with van der Waals surface area (Å²) < 4.78 is 0. The van der Waals surface area contributed by atoms with E-state index < -0.39 is 0 Å². The molecule has 0 amide bonds. The molecule has 2 nitrogen and oxygen atoms in total. The van der Waals surface area contributed by atoms with Gasteiger partial charge >= 0.3 is 0 Å². The number of fused-ring (bicyclic) bond motifs is 6. The first-order valence-electron chi connectivity index (χ1n) is 12.3. The smallest absolute Gasteiger partial charge is 0.194 e. The Hall–Kier alpha value is -4.69. The van der Waals surface area contributed by atoms with Gasteiger partial charge in [0.05, 0.1) is 0 Å². The molecular formula is C34H18O2. The average Bonchev–Trinajstić information content (AvgIpc) is 2.92. The van der Waals surface area contributed by atoms with Crippen LogP contribution in [0, 0.1) is 0 Å². The summed E-state index contributed by atoms with van der Waals surface area (Å²) >= 11 is 0. The molecule has 7 aromatic carbocycles. The van der Waals surface area contributed by atoms with Crippen molar-refractivity contribution in [3.8, 4) is 28.0 Å². The fourth-order valence-electron chi connectivity index (χ4n) is 7.03. The second-order valence-corrected chi connectivity index (χ2v) is 10.1. The lowest BCUT2D eigenvalue weighted by molar-refractivity contribution is 0.104. The van der Waals surface area contributed by atoms with Gasteiger partial charge in [-0.3, -0.25) is 4.79 Å². The summed E-state index contributed by atoms with van der Waals surface area (Å²) in [5.41, 5.74) is 8.23. The van der Waals surface area contributed by atoms with Gasteiger partial charge in [-0.15, -0.1) is 0 Å². The molecule has 1 N–H and O–H groups in total. The van der Waals surface area contributed by atoms with Gasteiger partial charge in [0.1, 0.15) is 5.75 Å². The minimum absolute atomic E-state index is 0.0234. The van der Waals surface area contributed by atoms with Crippen LogP contribution in [0.4, 0.5) is 0 Å². The molecule has 2 aliphatic rings. The van der Waals surface area contributed by atoms with E-state index in [9.17, 15) is 9.90 Å². The van der Waals surface area contributed by atoms with Gasteiger partial charge in [-0.05, 0) is 84.1 Å². The van der Waals surface area contributed by atoms with Crippen LogP contribution in [-0.4, -0.2) is 10.9 Å².